The highest BCUT2D eigenvalue weighted by atomic mass is 16.5. The van der Waals surface area contributed by atoms with Crippen molar-refractivity contribution in [1.82, 2.24) is 0 Å². The average Bonchev–Trinajstić information content (AvgIpc) is 2.47. The molecule has 4 heteroatoms. The number of rotatable bonds is 6. The van der Waals surface area contributed by atoms with Crippen molar-refractivity contribution in [3.8, 4) is 5.75 Å². The fourth-order valence-corrected chi connectivity index (χ4v) is 2.72. The predicted molar refractivity (Wildman–Crippen MR) is 75.9 cm³/mol. The van der Waals surface area contributed by atoms with Crippen LogP contribution < -0.4 is 4.74 Å². The molecule has 0 saturated heterocycles. The second-order valence-corrected chi connectivity index (χ2v) is 5.43. The van der Waals surface area contributed by atoms with Crippen LogP contribution in [0.2, 0.25) is 0 Å². The zero-order chi connectivity index (χ0) is 14.4. The first-order valence-corrected chi connectivity index (χ1v) is 7.28. The van der Waals surface area contributed by atoms with Crippen LogP contribution in [0.15, 0.2) is 24.3 Å². The number of aryl methyl sites for hydroxylation is 1. The third-order valence-electron chi connectivity index (χ3n) is 3.91. The van der Waals surface area contributed by atoms with E-state index in [1.54, 1.807) is 0 Å². The maximum atomic E-state index is 11.5. The molecule has 2 N–H and O–H groups in total. The van der Waals surface area contributed by atoms with E-state index >= 15 is 0 Å². The molecule has 4 nitrogen and oxygen atoms in total. The molecule has 0 aliphatic heterocycles. The zero-order valence-corrected chi connectivity index (χ0v) is 11.7. The Bertz CT molecular complexity index is 432. The van der Waals surface area contributed by atoms with Crippen LogP contribution in [-0.4, -0.2) is 28.4 Å². The molecule has 110 valence electrons. The van der Waals surface area contributed by atoms with Gasteiger partial charge in [-0.1, -0.05) is 18.6 Å². The van der Waals surface area contributed by atoms with Crippen molar-refractivity contribution in [1.29, 1.82) is 0 Å². The van der Waals surface area contributed by atoms with Crippen LogP contribution in [0.3, 0.4) is 0 Å². The van der Waals surface area contributed by atoms with Crippen molar-refractivity contribution in [2.75, 3.05) is 6.61 Å². The van der Waals surface area contributed by atoms with Crippen LogP contribution in [0, 0.1) is 0 Å². The molecule has 1 saturated carbocycles. The van der Waals surface area contributed by atoms with Crippen molar-refractivity contribution in [3.63, 3.8) is 0 Å². The van der Waals surface area contributed by atoms with Gasteiger partial charge in [-0.2, -0.15) is 0 Å². The van der Waals surface area contributed by atoms with Gasteiger partial charge in [0.25, 0.3) is 0 Å². The number of aliphatic hydroxyl groups is 1. The molecule has 0 amide bonds. The number of aliphatic hydroxyl groups excluding tert-OH is 1. The molecule has 0 heterocycles. The van der Waals surface area contributed by atoms with Crippen LogP contribution >= 0.6 is 0 Å². The number of aliphatic carboxylic acids is 1. The van der Waals surface area contributed by atoms with Gasteiger partial charge < -0.3 is 14.9 Å². The van der Waals surface area contributed by atoms with Gasteiger partial charge in [0.1, 0.15) is 5.75 Å². The standard InChI is InChI=1S/C16H22O4/c17-12-4-5-13-6-8-14(9-7-13)20-16(15(18)19)10-2-1-3-11-16/h6-9,17H,1-5,10-12H2,(H,18,19). The Morgan fingerprint density at radius 2 is 1.80 bits per heavy atom. The van der Waals surface area contributed by atoms with Crippen molar-refractivity contribution in [3.05, 3.63) is 29.8 Å². The van der Waals surface area contributed by atoms with Gasteiger partial charge in [-0.3, -0.25) is 0 Å². The predicted octanol–water partition coefficient (Wildman–Crippen LogP) is 2.78. The Morgan fingerprint density at radius 3 is 2.35 bits per heavy atom. The summed E-state index contributed by atoms with van der Waals surface area (Å²) in [6.07, 6.45) is 5.60. The number of ether oxygens (including phenoxy) is 1. The molecule has 0 atom stereocenters. The molecule has 1 aliphatic carbocycles. The molecule has 0 radical (unpaired) electrons. The molecule has 0 bridgehead atoms. The third kappa shape index (κ3) is 3.51. The summed E-state index contributed by atoms with van der Waals surface area (Å²) in [4.78, 5) is 11.5. The van der Waals surface area contributed by atoms with Gasteiger partial charge in [-0.15, -0.1) is 0 Å². The fraction of sp³-hybridized carbons (Fsp3) is 0.562. The number of carboxylic acid groups (broad SMARTS) is 1. The maximum Gasteiger partial charge on any atom is 0.348 e. The summed E-state index contributed by atoms with van der Waals surface area (Å²) >= 11 is 0. The number of hydrogen-bond acceptors (Lipinski definition) is 3. The summed E-state index contributed by atoms with van der Waals surface area (Å²) in [5, 5.41) is 18.3. The normalized spacial score (nSPS) is 17.6. The second kappa shape index (κ2) is 6.75. The molecule has 1 aromatic rings. The van der Waals surface area contributed by atoms with Crippen LogP contribution in [0.25, 0.3) is 0 Å². The molecule has 20 heavy (non-hydrogen) atoms. The first kappa shape index (κ1) is 14.9. The summed E-state index contributed by atoms with van der Waals surface area (Å²) in [7, 11) is 0. The summed E-state index contributed by atoms with van der Waals surface area (Å²) in [5.41, 5.74) is 0.0737. The molecule has 1 fully saturated rings. The van der Waals surface area contributed by atoms with E-state index in [9.17, 15) is 9.90 Å². The zero-order valence-electron chi connectivity index (χ0n) is 11.7. The highest BCUT2D eigenvalue weighted by Crippen LogP contribution is 2.33. The van der Waals surface area contributed by atoms with E-state index in [4.69, 9.17) is 9.84 Å². The van der Waals surface area contributed by atoms with E-state index in [2.05, 4.69) is 0 Å². The largest absolute Gasteiger partial charge is 0.478 e. The molecular weight excluding hydrogens is 256 g/mol. The Morgan fingerprint density at radius 1 is 1.15 bits per heavy atom. The van der Waals surface area contributed by atoms with E-state index < -0.39 is 11.6 Å². The highest BCUT2D eigenvalue weighted by molar-refractivity contribution is 5.78. The highest BCUT2D eigenvalue weighted by Gasteiger charge is 2.42. The van der Waals surface area contributed by atoms with E-state index in [0.29, 0.717) is 18.6 Å². The van der Waals surface area contributed by atoms with Gasteiger partial charge in [-0.05, 0) is 56.2 Å². The minimum atomic E-state index is -1.05. The molecule has 1 aliphatic rings. The third-order valence-corrected chi connectivity index (χ3v) is 3.91. The van der Waals surface area contributed by atoms with Crippen molar-refractivity contribution in [2.45, 2.75) is 50.5 Å². The lowest BCUT2D eigenvalue weighted by atomic mass is 9.84. The van der Waals surface area contributed by atoms with E-state index in [-0.39, 0.29) is 6.61 Å². The average molecular weight is 278 g/mol. The van der Waals surface area contributed by atoms with Gasteiger partial charge in [0.05, 0.1) is 0 Å². The quantitative estimate of drug-likeness (QED) is 0.839. The molecule has 0 spiro atoms. The van der Waals surface area contributed by atoms with Crippen LogP contribution in [0.4, 0.5) is 0 Å². The minimum Gasteiger partial charge on any atom is -0.478 e. The smallest absolute Gasteiger partial charge is 0.348 e. The number of carbonyl (C=O) groups is 1. The van der Waals surface area contributed by atoms with Crippen LogP contribution in [0.5, 0.6) is 5.75 Å². The monoisotopic (exact) mass is 278 g/mol. The van der Waals surface area contributed by atoms with E-state index in [1.165, 1.54) is 0 Å². The van der Waals surface area contributed by atoms with E-state index in [1.807, 2.05) is 24.3 Å². The van der Waals surface area contributed by atoms with Crippen molar-refractivity contribution >= 4 is 5.97 Å². The van der Waals surface area contributed by atoms with E-state index in [0.717, 1.165) is 37.7 Å². The first-order valence-electron chi connectivity index (χ1n) is 7.28. The summed E-state index contributed by atoms with van der Waals surface area (Å²) < 4.78 is 5.81. The molecule has 2 rings (SSSR count). The first-order chi connectivity index (χ1) is 9.66. The minimum absolute atomic E-state index is 0.181. The van der Waals surface area contributed by atoms with Crippen molar-refractivity contribution in [2.24, 2.45) is 0 Å². The maximum absolute atomic E-state index is 11.5. The van der Waals surface area contributed by atoms with Gasteiger partial charge in [0, 0.05) is 6.61 Å². The topological polar surface area (TPSA) is 66.8 Å². The Kier molecular flexibility index (Phi) is 5.01. The number of benzene rings is 1. The molecular formula is C16H22O4. The van der Waals surface area contributed by atoms with Gasteiger partial charge in [-0.25, -0.2) is 4.79 Å². The molecule has 0 aromatic heterocycles. The fourth-order valence-electron chi connectivity index (χ4n) is 2.72. The molecule has 1 aromatic carbocycles. The summed E-state index contributed by atoms with van der Waals surface area (Å²) in [6, 6.07) is 7.52. The van der Waals surface area contributed by atoms with Crippen LogP contribution in [-0.2, 0) is 11.2 Å². The lowest BCUT2D eigenvalue weighted by Gasteiger charge is -2.33. The van der Waals surface area contributed by atoms with Gasteiger partial charge in [0.2, 0.25) is 5.60 Å². The summed E-state index contributed by atoms with van der Waals surface area (Å²) in [5.74, 6) is -0.247. The van der Waals surface area contributed by atoms with Gasteiger partial charge in [0.15, 0.2) is 0 Å². The summed E-state index contributed by atoms with van der Waals surface area (Å²) in [6.45, 7) is 0.181. The van der Waals surface area contributed by atoms with Crippen molar-refractivity contribution < 1.29 is 19.7 Å². The molecule has 0 unspecified atom stereocenters. The number of carboxylic acids is 1. The second-order valence-electron chi connectivity index (χ2n) is 5.43. The number of hydrogen-bond donors (Lipinski definition) is 2. The Balaban J connectivity index is 2.05. The van der Waals surface area contributed by atoms with Crippen LogP contribution in [0.1, 0.15) is 44.1 Å². The van der Waals surface area contributed by atoms with Gasteiger partial charge >= 0.3 is 5.97 Å². The lowest BCUT2D eigenvalue weighted by molar-refractivity contribution is -0.158. The Hall–Kier alpha value is -1.55. The SMILES string of the molecule is O=C(O)C1(Oc2ccc(CCCO)cc2)CCCCC1. The Labute approximate surface area is 119 Å². The lowest BCUT2D eigenvalue weighted by Crippen LogP contribution is -2.46.